The number of hydrogen-bond acceptors (Lipinski definition) is 5. The molecule has 0 aliphatic carbocycles. The van der Waals surface area contributed by atoms with E-state index in [-0.39, 0.29) is 29.7 Å². The Bertz CT molecular complexity index is 906. The van der Waals surface area contributed by atoms with Gasteiger partial charge >= 0.3 is 11.9 Å². The van der Waals surface area contributed by atoms with Gasteiger partial charge in [-0.1, -0.05) is 0 Å². The number of fused-ring (bicyclic) bond motifs is 1. The predicted octanol–water partition coefficient (Wildman–Crippen LogP) is 2.27. The van der Waals surface area contributed by atoms with Gasteiger partial charge in [-0.05, 0) is 19.3 Å². The standard InChI is InChI=1S/C17H24F3N7OS.HI/c1-21-15(23-8-6-14-24-12(11-29-14)17(18,19)20)22-7-4-10-27-16(28)26-9-3-2-5-13(26)25-27;/h11H,2-10H2,1H3,(H2,21,22,23);1H. The zero-order valence-corrected chi connectivity index (χ0v) is 19.7. The quantitative estimate of drug-likeness (QED) is 0.235. The number of hydrogen-bond donors (Lipinski definition) is 2. The van der Waals surface area contributed by atoms with Crippen LogP contribution in [0.25, 0.3) is 0 Å². The van der Waals surface area contributed by atoms with E-state index in [0.717, 1.165) is 48.3 Å². The molecule has 3 rings (SSSR count). The van der Waals surface area contributed by atoms with Crippen molar-refractivity contribution >= 4 is 41.3 Å². The van der Waals surface area contributed by atoms with Gasteiger partial charge in [0, 0.05) is 51.4 Å². The van der Waals surface area contributed by atoms with Gasteiger partial charge in [0.05, 0.1) is 5.01 Å². The van der Waals surface area contributed by atoms with Crippen molar-refractivity contribution < 1.29 is 13.2 Å². The smallest absolute Gasteiger partial charge is 0.356 e. The number of aryl methyl sites for hydroxylation is 2. The Balaban J connectivity index is 0.00000320. The highest BCUT2D eigenvalue weighted by Gasteiger charge is 2.33. The van der Waals surface area contributed by atoms with Crippen LogP contribution in [0.2, 0.25) is 0 Å². The summed E-state index contributed by atoms with van der Waals surface area (Å²) in [5, 5.41) is 12.0. The Kier molecular flexibility index (Phi) is 9.12. The molecule has 0 aromatic carbocycles. The summed E-state index contributed by atoms with van der Waals surface area (Å²) in [6, 6.07) is 0. The molecule has 0 bridgehead atoms. The zero-order valence-electron chi connectivity index (χ0n) is 16.5. The second-order valence-corrected chi connectivity index (χ2v) is 7.63. The third-order valence-corrected chi connectivity index (χ3v) is 5.48. The van der Waals surface area contributed by atoms with Crippen molar-refractivity contribution in [2.24, 2.45) is 4.99 Å². The van der Waals surface area contributed by atoms with Crippen LogP contribution in [0.5, 0.6) is 0 Å². The molecule has 2 N–H and O–H groups in total. The summed E-state index contributed by atoms with van der Waals surface area (Å²) < 4.78 is 41.0. The van der Waals surface area contributed by atoms with E-state index in [9.17, 15) is 18.0 Å². The van der Waals surface area contributed by atoms with Gasteiger partial charge < -0.3 is 10.6 Å². The lowest BCUT2D eigenvalue weighted by Crippen LogP contribution is -2.39. The monoisotopic (exact) mass is 559 g/mol. The van der Waals surface area contributed by atoms with Gasteiger partial charge in [0.25, 0.3) is 0 Å². The lowest BCUT2D eigenvalue weighted by Gasteiger charge is -2.11. The fourth-order valence-electron chi connectivity index (χ4n) is 3.09. The van der Waals surface area contributed by atoms with E-state index in [1.54, 1.807) is 11.6 Å². The predicted molar refractivity (Wildman–Crippen MR) is 120 cm³/mol. The fraction of sp³-hybridized carbons (Fsp3) is 0.647. The normalized spacial score (nSPS) is 14.2. The molecule has 0 spiro atoms. The van der Waals surface area contributed by atoms with Crippen LogP contribution in [0.3, 0.4) is 0 Å². The van der Waals surface area contributed by atoms with Crippen LogP contribution in [0.15, 0.2) is 15.2 Å². The van der Waals surface area contributed by atoms with E-state index in [1.807, 2.05) is 0 Å². The van der Waals surface area contributed by atoms with Gasteiger partial charge in [0.2, 0.25) is 0 Å². The van der Waals surface area contributed by atoms with E-state index in [2.05, 4.69) is 25.7 Å². The maximum Gasteiger partial charge on any atom is 0.434 e. The fourth-order valence-corrected chi connectivity index (χ4v) is 3.90. The zero-order chi connectivity index (χ0) is 20.9. The number of aromatic nitrogens is 4. The van der Waals surface area contributed by atoms with Crippen LogP contribution in [0.4, 0.5) is 13.2 Å². The first-order valence-electron chi connectivity index (χ1n) is 9.51. The molecule has 0 fully saturated rings. The van der Waals surface area contributed by atoms with Crippen molar-refractivity contribution in [3.63, 3.8) is 0 Å². The lowest BCUT2D eigenvalue weighted by atomic mass is 10.2. The van der Waals surface area contributed by atoms with Gasteiger partial charge in [-0.25, -0.2) is 14.5 Å². The van der Waals surface area contributed by atoms with Gasteiger partial charge in [0.15, 0.2) is 11.7 Å². The molecule has 30 heavy (non-hydrogen) atoms. The van der Waals surface area contributed by atoms with E-state index in [4.69, 9.17) is 0 Å². The lowest BCUT2D eigenvalue weighted by molar-refractivity contribution is -0.140. The van der Waals surface area contributed by atoms with Crippen LogP contribution in [-0.4, -0.2) is 45.4 Å². The van der Waals surface area contributed by atoms with Crippen molar-refractivity contribution in [1.29, 1.82) is 0 Å². The van der Waals surface area contributed by atoms with Gasteiger partial charge in [-0.15, -0.1) is 35.3 Å². The molecule has 0 amide bonds. The highest BCUT2D eigenvalue weighted by atomic mass is 127. The molecule has 13 heteroatoms. The van der Waals surface area contributed by atoms with E-state index in [0.29, 0.717) is 43.4 Å². The third-order valence-electron chi connectivity index (χ3n) is 4.57. The molecule has 2 aromatic rings. The number of nitrogens with one attached hydrogen (secondary N) is 2. The van der Waals surface area contributed by atoms with E-state index in [1.165, 1.54) is 4.68 Å². The van der Waals surface area contributed by atoms with Crippen molar-refractivity contribution in [3.05, 3.63) is 32.4 Å². The number of nitrogens with zero attached hydrogens (tertiary/aromatic N) is 5. The van der Waals surface area contributed by atoms with Gasteiger partial charge in [-0.2, -0.15) is 18.3 Å². The summed E-state index contributed by atoms with van der Waals surface area (Å²) in [6.45, 7) is 2.26. The molecule has 3 heterocycles. The minimum atomic E-state index is -4.41. The number of thiazole rings is 1. The van der Waals surface area contributed by atoms with E-state index >= 15 is 0 Å². The molecule has 1 aliphatic heterocycles. The molecule has 0 saturated heterocycles. The summed E-state index contributed by atoms with van der Waals surface area (Å²) in [6.07, 6.45) is -0.411. The Hall–Kier alpha value is -1.64. The molecular weight excluding hydrogens is 534 g/mol. The van der Waals surface area contributed by atoms with Crippen molar-refractivity contribution in [2.45, 2.75) is 51.4 Å². The first-order valence-corrected chi connectivity index (χ1v) is 10.4. The Morgan fingerprint density at radius 2 is 2.07 bits per heavy atom. The summed E-state index contributed by atoms with van der Waals surface area (Å²) >= 11 is 0.995. The average Bonchev–Trinajstić information content (AvgIpc) is 3.29. The SMILES string of the molecule is CN=C(NCCCn1nc2n(c1=O)CCCC2)NCCc1nc(C(F)(F)F)cs1.I. The molecule has 168 valence electrons. The minimum absolute atomic E-state index is 0. The maximum atomic E-state index is 12.6. The number of rotatable bonds is 7. The Labute approximate surface area is 193 Å². The minimum Gasteiger partial charge on any atom is -0.356 e. The van der Waals surface area contributed by atoms with Crippen molar-refractivity contribution in [3.8, 4) is 0 Å². The topological polar surface area (TPSA) is 89.1 Å². The van der Waals surface area contributed by atoms with Crippen LogP contribution in [0, 0.1) is 0 Å². The molecule has 8 nitrogen and oxygen atoms in total. The summed E-state index contributed by atoms with van der Waals surface area (Å²) in [5.41, 5.74) is -0.903. The molecule has 0 radical (unpaired) electrons. The first kappa shape index (κ1) is 24.6. The summed E-state index contributed by atoms with van der Waals surface area (Å²) in [7, 11) is 1.62. The highest BCUT2D eigenvalue weighted by Crippen LogP contribution is 2.29. The summed E-state index contributed by atoms with van der Waals surface area (Å²) in [5.74, 6) is 1.41. The number of aliphatic imine (C=N–C) groups is 1. The molecular formula is C17H25F3IN7OS. The van der Waals surface area contributed by atoms with Gasteiger partial charge in [0.1, 0.15) is 5.82 Å². The van der Waals surface area contributed by atoms with Crippen molar-refractivity contribution in [1.82, 2.24) is 30.0 Å². The van der Waals surface area contributed by atoms with Crippen molar-refractivity contribution in [2.75, 3.05) is 20.1 Å². The Morgan fingerprint density at radius 3 is 2.73 bits per heavy atom. The van der Waals surface area contributed by atoms with Gasteiger partial charge in [-0.3, -0.25) is 9.56 Å². The molecule has 0 atom stereocenters. The van der Waals surface area contributed by atoms with E-state index < -0.39 is 11.9 Å². The summed E-state index contributed by atoms with van der Waals surface area (Å²) in [4.78, 5) is 20.0. The number of halogens is 4. The average molecular weight is 559 g/mol. The first-order chi connectivity index (χ1) is 13.9. The highest BCUT2D eigenvalue weighted by molar-refractivity contribution is 14.0. The largest absolute Gasteiger partial charge is 0.434 e. The van der Waals surface area contributed by atoms with Crippen LogP contribution in [-0.2, 0) is 32.1 Å². The van der Waals surface area contributed by atoms with Crippen LogP contribution >= 0.6 is 35.3 Å². The maximum absolute atomic E-state index is 12.6. The third kappa shape index (κ3) is 6.43. The molecule has 1 aliphatic rings. The molecule has 2 aromatic heterocycles. The molecule has 0 unspecified atom stereocenters. The Morgan fingerprint density at radius 1 is 1.30 bits per heavy atom. The molecule has 0 saturated carbocycles. The second-order valence-electron chi connectivity index (χ2n) is 6.68. The number of guanidine groups is 1. The number of alkyl halides is 3. The second kappa shape index (κ2) is 11.1. The van der Waals surface area contributed by atoms with Crippen LogP contribution < -0.4 is 16.3 Å². The van der Waals surface area contributed by atoms with Crippen LogP contribution in [0.1, 0.15) is 35.8 Å².